The molecule has 5 rings (SSSR count). The Labute approximate surface area is 180 Å². The van der Waals surface area contributed by atoms with Crippen LogP contribution >= 0.6 is 0 Å². The fourth-order valence-corrected chi connectivity index (χ4v) is 6.29. The van der Waals surface area contributed by atoms with Crippen LogP contribution in [-0.4, -0.2) is 49.1 Å². The Morgan fingerprint density at radius 3 is 2.23 bits per heavy atom. The van der Waals surface area contributed by atoms with Crippen LogP contribution in [0.5, 0.6) is 0 Å². The molecule has 0 spiro atoms. The number of benzene rings is 1. The van der Waals surface area contributed by atoms with E-state index >= 15 is 0 Å². The molecule has 4 bridgehead atoms. The van der Waals surface area contributed by atoms with Gasteiger partial charge in [0.05, 0.1) is 0 Å². The highest BCUT2D eigenvalue weighted by atomic mass is 16.2. The molecule has 0 saturated heterocycles. The first-order valence-electron chi connectivity index (χ1n) is 11.5. The van der Waals surface area contributed by atoms with Crippen LogP contribution < -0.4 is 16.0 Å². The molecule has 0 aliphatic heterocycles. The second-order valence-electron chi connectivity index (χ2n) is 9.90. The molecule has 4 aliphatic rings. The second kappa shape index (κ2) is 9.38. The van der Waals surface area contributed by atoms with E-state index in [2.05, 4.69) is 40.0 Å². The average molecular weight is 413 g/mol. The van der Waals surface area contributed by atoms with Gasteiger partial charge in [-0.05, 0) is 68.9 Å². The molecule has 0 radical (unpaired) electrons. The van der Waals surface area contributed by atoms with Gasteiger partial charge in [-0.1, -0.05) is 30.3 Å². The maximum Gasteiger partial charge on any atom is 0.315 e. The quantitative estimate of drug-likeness (QED) is 0.584. The third-order valence-electron chi connectivity index (χ3n) is 7.17. The van der Waals surface area contributed by atoms with E-state index in [0.717, 1.165) is 50.1 Å². The van der Waals surface area contributed by atoms with Gasteiger partial charge >= 0.3 is 6.03 Å². The van der Waals surface area contributed by atoms with E-state index in [9.17, 15) is 9.59 Å². The Balaban J connectivity index is 1.09. The van der Waals surface area contributed by atoms with E-state index in [-0.39, 0.29) is 17.5 Å². The van der Waals surface area contributed by atoms with Crippen molar-refractivity contribution in [1.29, 1.82) is 0 Å². The molecule has 4 saturated carbocycles. The van der Waals surface area contributed by atoms with E-state index in [0.29, 0.717) is 19.5 Å². The zero-order valence-corrected chi connectivity index (χ0v) is 18.2. The second-order valence-corrected chi connectivity index (χ2v) is 9.90. The molecule has 0 aromatic heterocycles. The predicted molar refractivity (Wildman–Crippen MR) is 118 cm³/mol. The van der Waals surface area contributed by atoms with Gasteiger partial charge in [-0.15, -0.1) is 0 Å². The average Bonchev–Trinajstić information content (AvgIpc) is 2.67. The summed E-state index contributed by atoms with van der Waals surface area (Å²) in [5.41, 5.74) is 1.28. The first-order chi connectivity index (χ1) is 14.5. The van der Waals surface area contributed by atoms with Gasteiger partial charge in [0.1, 0.15) is 0 Å². The fraction of sp³-hybridized carbons (Fsp3) is 0.667. The van der Waals surface area contributed by atoms with E-state index in [1.165, 1.54) is 24.8 Å². The molecule has 0 unspecified atom stereocenters. The highest BCUT2D eigenvalue weighted by molar-refractivity contribution is 5.78. The molecule has 3 amide bonds. The van der Waals surface area contributed by atoms with Crippen LogP contribution in [0.3, 0.4) is 0 Å². The fourth-order valence-electron chi connectivity index (χ4n) is 6.29. The van der Waals surface area contributed by atoms with Gasteiger partial charge in [-0.3, -0.25) is 4.79 Å². The van der Waals surface area contributed by atoms with Crippen molar-refractivity contribution in [2.75, 3.05) is 26.7 Å². The first-order valence-corrected chi connectivity index (χ1v) is 11.5. The molecule has 0 atom stereocenters. The van der Waals surface area contributed by atoms with Crippen LogP contribution in [0.1, 0.15) is 50.5 Å². The van der Waals surface area contributed by atoms with Crippen LogP contribution in [0, 0.1) is 17.8 Å². The van der Waals surface area contributed by atoms with Crippen molar-refractivity contribution in [3.8, 4) is 0 Å². The molecule has 4 fully saturated rings. The number of nitrogens with one attached hydrogen (secondary N) is 3. The largest absolute Gasteiger partial charge is 0.355 e. The zero-order valence-electron chi connectivity index (χ0n) is 18.2. The maximum atomic E-state index is 12.4. The van der Waals surface area contributed by atoms with Crippen molar-refractivity contribution in [2.24, 2.45) is 17.8 Å². The SMILES string of the molecule is CN(CCNC(=O)CCNC(=O)NC12CC3CC(CC(C3)C1)C2)Cc1ccccc1. The number of carbonyl (C=O) groups excluding carboxylic acids is 2. The summed E-state index contributed by atoms with van der Waals surface area (Å²) < 4.78 is 0. The Morgan fingerprint density at radius 1 is 0.967 bits per heavy atom. The summed E-state index contributed by atoms with van der Waals surface area (Å²) in [6.07, 6.45) is 7.84. The number of amides is 3. The molecule has 3 N–H and O–H groups in total. The minimum atomic E-state index is -0.104. The lowest BCUT2D eigenvalue weighted by molar-refractivity contribution is -0.120. The van der Waals surface area contributed by atoms with Gasteiger partial charge in [0.15, 0.2) is 0 Å². The van der Waals surface area contributed by atoms with Gasteiger partial charge in [0.25, 0.3) is 0 Å². The zero-order chi connectivity index (χ0) is 21.0. The number of hydrogen-bond acceptors (Lipinski definition) is 3. The Hall–Kier alpha value is -2.08. The van der Waals surface area contributed by atoms with Crippen LogP contribution in [0.25, 0.3) is 0 Å². The highest BCUT2D eigenvalue weighted by Crippen LogP contribution is 2.55. The predicted octanol–water partition coefficient (Wildman–Crippen LogP) is 2.89. The number of urea groups is 1. The lowest BCUT2D eigenvalue weighted by Gasteiger charge is -2.56. The van der Waals surface area contributed by atoms with Crippen LogP contribution in [0.2, 0.25) is 0 Å². The lowest BCUT2D eigenvalue weighted by Crippen LogP contribution is -2.61. The van der Waals surface area contributed by atoms with Gasteiger partial charge in [0.2, 0.25) is 5.91 Å². The summed E-state index contributed by atoms with van der Waals surface area (Å²) in [4.78, 5) is 26.7. The monoisotopic (exact) mass is 412 g/mol. The number of hydrogen-bond donors (Lipinski definition) is 3. The maximum absolute atomic E-state index is 12.4. The van der Waals surface area contributed by atoms with Crippen molar-refractivity contribution in [3.63, 3.8) is 0 Å². The van der Waals surface area contributed by atoms with Crippen LogP contribution in [0.15, 0.2) is 30.3 Å². The van der Waals surface area contributed by atoms with E-state index < -0.39 is 0 Å². The molecule has 30 heavy (non-hydrogen) atoms. The molecule has 0 heterocycles. The van der Waals surface area contributed by atoms with E-state index in [1.54, 1.807) is 0 Å². The first kappa shape index (κ1) is 21.2. The summed E-state index contributed by atoms with van der Waals surface area (Å²) >= 11 is 0. The van der Waals surface area contributed by atoms with E-state index in [1.807, 2.05) is 18.2 Å². The van der Waals surface area contributed by atoms with Crippen molar-refractivity contribution < 1.29 is 9.59 Å². The highest BCUT2D eigenvalue weighted by Gasteiger charge is 2.51. The van der Waals surface area contributed by atoms with Gasteiger partial charge in [-0.25, -0.2) is 4.79 Å². The molecule has 4 aliphatic carbocycles. The molecule has 1 aromatic rings. The normalized spacial score (nSPS) is 29.1. The van der Waals surface area contributed by atoms with Crippen molar-refractivity contribution in [2.45, 2.75) is 57.0 Å². The number of nitrogens with zero attached hydrogens (tertiary/aromatic N) is 1. The third-order valence-corrected chi connectivity index (χ3v) is 7.17. The van der Waals surface area contributed by atoms with Gasteiger partial charge in [-0.2, -0.15) is 0 Å². The Morgan fingerprint density at radius 2 is 1.60 bits per heavy atom. The minimum Gasteiger partial charge on any atom is -0.355 e. The summed E-state index contributed by atoms with van der Waals surface area (Å²) in [7, 11) is 2.05. The molecular weight excluding hydrogens is 376 g/mol. The number of carbonyl (C=O) groups is 2. The summed E-state index contributed by atoms with van der Waals surface area (Å²) in [5.74, 6) is 2.41. The molecule has 6 heteroatoms. The van der Waals surface area contributed by atoms with Gasteiger partial charge < -0.3 is 20.9 Å². The van der Waals surface area contributed by atoms with Crippen LogP contribution in [0.4, 0.5) is 4.79 Å². The standard InChI is InChI=1S/C24H36N4O2/c1-28(17-18-5-3-2-4-6-18)10-9-25-22(29)7-8-26-23(30)27-24-14-19-11-20(15-24)13-21(12-19)16-24/h2-6,19-21H,7-17H2,1H3,(H,25,29)(H2,26,27,30). The topological polar surface area (TPSA) is 73.5 Å². The molecular formula is C24H36N4O2. The lowest BCUT2D eigenvalue weighted by atomic mass is 9.53. The smallest absolute Gasteiger partial charge is 0.315 e. The third kappa shape index (κ3) is 5.54. The van der Waals surface area contributed by atoms with Crippen molar-refractivity contribution >= 4 is 11.9 Å². The van der Waals surface area contributed by atoms with E-state index in [4.69, 9.17) is 0 Å². The molecule has 164 valence electrons. The molecule has 6 nitrogen and oxygen atoms in total. The minimum absolute atomic E-state index is 0.0155. The summed E-state index contributed by atoms with van der Waals surface area (Å²) in [6.45, 7) is 2.65. The van der Waals surface area contributed by atoms with Crippen molar-refractivity contribution in [3.05, 3.63) is 35.9 Å². The summed E-state index contributed by atoms with van der Waals surface area (Å²) in [6, 6.07) is 10.2. The van der Waals surface area contributed by atoms with Gasteiger partial charge in [0, 0.05) is 38.1 Å². The molecule has 1 aromatic carbocycles. The number of likely N-dealkylation sites (N-methyl/N-ethyl adjacent to an activating group) is 1. The van der Waals surface area contributed by atoms with Crippen molar-refractivity contribution in [1.82, 2.24) is 20.9 Å². The Kier molecular flexibility index (Phi) is 6.61. The number of rotatable bonds is 9. The Bertz CT molecular complexity index is 701. The summed E-state index contributed by atoms with van der Waals surface area (Å²) in [5, 5.41) is 9.14. The van der Waals surface area contributed by atoms with Crippen LogP contribution in [-0.2, 0) is 11.3 Å².